The van der Waals surface area contributed by atoms with Gasteiger partial charge in [-0.3, -0.25) is 4.79 Å². The first-order valence-corrected chi connectivity index (χ1v) is 6.96. The molecular formula is C17H14ClFO4. The van der Waals surface area contributed by atoms with E-state index in [1.165, 1.54) is 38.5 Å². The molecule has 0 heterocycles. The fourth-order valence-corrected chi connectivity index (χ4v) is 2.11. The Morgan fingerprint density at radius 2 is 1.78 bits per heavy atom. The Hall–Kier alpha value is -2.53. The second-order valence-corrected chi connectivity index (χ2v) is 5.01. The van der Waals surface area contributed by atoms with Crippen LogP contribution in [-0.2, 0) is 0 Å². The van der Waals surface area contributed by atoms with E-state index in [1.54, 1.807) is 12.1 Å². The Morgan fingerprint density at radius 1 is 1.17 bits per heavy atom. The number of hydrogen-bond donors (Lipinski definition) is 1. The maximum absolute atomic E-state index is 13.1. The van der Waals surface area contributed by atoms with E-state index in [0.29, 0.717) is 5.56 Å². The van der Waals surface area contributed by atoms with Crippen LogP contribution in [0.1, 0.15) is 15.9 Å². The van der Waals surface area contributed by atoms with Gasteiger partial charge in [0, 0.05) is 5.56 Å². The predicted molar refractivity (Wildman–Crippen MR) is 86.0 cm³/mol. The van der Waals surface area contributed by atoms with Crippen molar-refractivity contribution in [1.82, 2.24) is 0 Å². The van der Waals surface area contributed by atoms with Crippen molar-refractivity contribution in [2.75, 3.05) is 14.2 Å². The van der Waals surface area contributed by atoms with Crippen molar-refractivity contribution in [3.63, 3.8) is 0 Å². The summed E-state index contributed by atoms with van der Waals surface area (Å²) in [6, 6.07) is 6.86. The number of allylic oxidation sites excluding steroid dienone is 1. The van der Waals surface area contributed by atoms with Crippen LogP contribution < -0.4 is 9.47 Å². The number of rotatable bonds is 5. The van der Waals surface area contributed by atoms with Gasteiger partial charge in [-0.05, 0) is 42.0 Å². The Morgan fingerprint density at radius 3 is 2.30 bits per heavy atom. The molecule has 0 bridgehead atoms. The summed E-state index contributed by atoms with van der Waals surface area (Å²) in [5, 5.41) is 9.72. The molecule has 0 fully saturated rings. The van der Waals surface area contributed by atoms with E-state index < -0.39 is 5.82 Å². The van der Waals surface area contributed by atoms with Gasteiger partial charge in [-0.2, -0.15) is 0 Å². The van der Waals surface area contributed by atoms with Gasteiger partial charge >= 0.3 is 0 Å². The molecule has 1 N–H and O–H groups in total. The summed E-state index contributed by atoms with van der Waals surface area (Å²) >= 11 is 5.66. The van der Waals surface area contributed by atoms with Crippen molar-refractivity contribution >= 4 is 23.5 Å². The average molecular weight is 337 g/mol. The van der Waals surface area contributed by atoms with Gasteiger partial charge in [0.25, 0.3) is 0 Å². The zero-order valence-corrected chi connectivity index (χ0v) is 13.2. The molecule has 0 aromatic heterocycles. The standard InChI is InChI=1S/C17H14ClFO4/c1-22-15-7-10(8-16(23-2)17(15)21)3-6-14(20)11-4-5-13(19)12(18)9-11/h3-9,21H,1-2H3/b6-3+. The topological polar surface area (TPSA) is 55.8 Å². The lowest BCUT2D eigenvalue weighted by Gasteiger charge is -2.09. The van der Waals surface area contributed by atoms with Crippen LogP contribution in [-0.4, -0.2) is 25.1 Å². The SMILES string of the molecule is COc1cc(/C=C/C(=O)c2ccc(F)c(Cl)c2)cc(OC)c1O. The Labute approximate surface area is 137 Å². The van der Waals surface area contributed by atoms with Crippen molar-refractivity contribution in [3.8, 4) is 17.2 Å². The third-order valence-corrected chi connectivity index (χ3v) is 3.42. The number of halogens is 2. The van der Waals surface area contributed by atoms with E-state index in [2.05, 4.69) is 0 Å². The molecule has 0 atom stereocenters. The van der Waals surface area contributed by atoms with Crippen LogP contribution in [0.25, 0.3) is 6.08 Å². The van der Waals surface area contributed by atoms with Gasteiger partial charge in [-0.1, -0.05) is 17.7 Å². The molecule has 0 aliphatic heterocycles. The van der Waals surface area contributed by atoms with Gasteiger partial charge in [-0.15, -0.1) is 0 Å². The van der Waals surface area contributed by atoms with Crippen LogP contribution in [0.4, 0.5) is 4.39 Å². The number of carbonyl (C=O) groups is 1. The monoisotopic (exact) mass is 336 g/mol. The van der Waals surface area contributed by atoms with Crippen molar-refractivity contribution in [1.29, 1.82) is 0 Å². The molecule has 6 heteroatoms. The van der Waals surface area contributed by atoms with Crippen LogP contribution in [0.5, 0.6) is 17.2 Å². The summed E-state index contributed by atoms with van der Waals surface area (Å²) < 4.78 is 23.2. The van der Waals surface area contributed by atoms with Crippen molar-refractivity contribution in [3.05, 3.63) is 58.4 Å². The number of benzene rings is 2. The van der Waals surface area contributed by atoms with Gasteiger partial charge in [-0.25, -0.2) is 4.39 Å². The van der Waals surface area contributed by atoms with Gasteiger partial charge in [0.1, 0.15) is 5.82 Å². The molecule has 0 amide bonds. The Kier molecular flexibility index (Phi) is 5.24. The fourth-order valence-electron chi connectivity index (χ4n) is 1.93. The Balaban J connectivity index is 2.28. The molecule has 0 radical (unpaired) electrons. The molecule has 23 heavy (non-hydrogen) atoms. The summed E-state index contributed by atoms with van der Waals surface area (Å²) in [6.45, 7) is 0. The molecule has 4 nitrogen and oxygen atoms in total. The van der Waals surface area contributed by atoms with Crippen molar-refractivity contribution in [2.24, 2.45) is 0 Å². The van der Waals surface area contributed by atoms with E-state index in [-0.39, 0.29) is 33.6 Å². The molecule has 120 valence electrons. The normalized spacial score (nSPS) is 10.8. The number of ether oxygens (including phenoxy) is 2. The number of methoxy groups -OCH3 is 2. The highest BCUT2D eigenvalue weighted by Crippen LogP contribution is 2.37. The van der Waals surface area contributed by atoms with Gasteiger partial charge < -0.3 is 14.6 Å². The molecule has 2 aromatic rings. The van der Waals surface area contributed by atoms with Crippen LogP contribution in [0, 0.1) is 5.82 Å². The number of phenols is 1. The number of hydrogen-bond acceptors (Lipinski definition) is 4. The summed E-state index contributed by atoms with van der Waals surface area (Å²) in [5.74, 6) is -0.593. The van der Waals surface area contributed by atoms with E-state index >= 15 is 0 Å². The molecule has 0 unspecified atom stereocenters. The predicted octanol–water partition coefficient (Wildman–Crippen LogP) is 4.10. The van der Waals surface area contributed by atoms with Gasteiger partial charge in [0.15, 0.2) is 17.3 Å². The number of phenolic OH excluding ortho intramolecular Hbond substituents is 1. The highest BCUT2D eigenvalue weighted by molar-refractivity contribution is 6.31. The van der Waals surface area contributed by atoms with Crippen LogP contribution in [0.2, 0.25) is 5.02 Å². The molecule has 0 saturated heterocycles. The van der Waals surface area contributed by atoms with E-state index in [4.69, 9.17) is 21.1 Å². The fraction of sp³-hybridized carbons (Fsp3) is 0.118. The minimum Gasteiger partial charge on any atom is -0.502 e. The Bertz CT molecular complexity index is 746. The lowest BCUT2D eigenvalue weighted by Crippen LogP contribution is -1.95. The summed E-state index contributed by atoms with van der Waals surface area (Å²) in [7, 11) is 2.82. The van der Waals surface area contributed by atoms with Gasteiger partial charge in [0.2, 0.25) is 5.75 Å². The largest absolute Gasteiger partial charge is 0.502 e. The molecule has 2 aromatic carbocycles. The van der Waals surface area contributed by atoms with E-state index in [9.17, 15) is 14.3 Å². The first-order chi connectivity index (χ1) is 11.0. The third-order valence-electron chi connectivity index (χ3n) is 3.13. The summed E-state index contributed by atoms with van der Waals surface area (Å²) in [5.41, 5.74) is 0.864. The third kappa shape index (κ3) is 3.81. The van der Waals surface area contributed by atoms with Crippen LogP contribution in [0.15, 0.2) is 36.4 Å². The second kappa shape index (κ2) is 7.15. The van der Waals surface area contributed by atoms with Crippen molar-refractivity contribution in [2.45, 2.75) is 0 Å². The maximum Gasteiger partial charge on any atom is 0.200 e. The summed E-state index contributed by atoms with van der Waals surface area (Å²) in [6.07, 6.45) is 2.85. The lowest BCUT2D eigenvalue weighted by molar-refractivity contribution is 0.104. The molecule has 2 rings (SSSR count). The highest BCUT2D eigenvalue weighted by atomic mass is 35.5. The first kappa shape index (κ1) is 16.8. The number of aromatic hydroxyl groups is 1. The highest BCUT2D eigenvalue weighted by Gasteiger charge is 2.11. The van der Waals surface area contributed by atoms with E-state index in [0.717, 1.165) is 6.07 Å². The van der Waals surface area contributed by atoms with Crippen LogP contribution >= 0.6 is 11.6 Å². The van der Waals surface area contributed by atoms with E-state index in [1.807, 2.05) is 0 Å². The summed E-state index contributed by atoms with van der Waals surface area (Å²) in [4.78, 5) is 12.1. The average Bonchev–Trinajstić information content (AvgIpc) is 2.55. The lowest BCUT2D eigenvalue weighted by atomic mass is 10.1. The molecule has 0 aliphatic carbocycles. The second-order valence-electron chi connectivity index (χ2n) is 4.60. The first-order valence-electron chi connectivity index (χ1n) is 6.58. The number of carbonyl (C=O) groups excluding carboxylic acids is 1. The smallest absolute Gasteiger partial charge is 0.200 e. The number of ketones is 1. The minimum absolute atomic E-state index is 0.114. The van der Waals surface area contributed by atoms with Crippen LogP contribution in [0.3, 0.4) is 0 Å². The zero-order chi connectivity index (χ0) is 17.0. The minimum atomic E-state index is -0.583. The molecule has 0 aliphatic rings. The molecule has 0 spiro atoms. The quantitative estimate of drug-likeness (QED) is 0.659. The van der Waals surface area contributed by atoms with Gasteiger partial charge in [0.05, 0.1) is 19.2 Å². The zero-order valence-electron chi connectivity index (χ0n) is 12.5. The maximum atomic E-state index is 13.1. The molecule has 0 saturated carbocycles. The van der Waals surface area contributed by atoms with Crippen molar-refractivity contribution < 1.29 is 23.8 Å². The molecular weight excluding hydrogens is 323 g/mol.